The van der Waals surface area contributed by atoms with Gasteiger partial charge in [-0.2, -0.15) is 12.6 Å². The fourth-order valence-electron chi connectivity index (χ4n) is 1.56. The first-order chi connectivity index (χ1) is 6.72. The first-order valence-corrected chi connectivity index (χ1v) is 5.01. The summed E-state index contributed by atoms with van der Waals surface area (Å²) in [6.45, 7) is 1.86. The summed E-state index contributed by atoms with van der Waals surface area (Å²) < 4.78 is 13.4. The molecule has 1 aromatic carbocycles. The molecule has 0 saturated heterocycles. The Morgan fingerprint density at radius 3 is 2.93 bits per heavy atom. The van der Waals surface area contributed by atoms with E-state index in [1.54, 1.807) is 6.07 Å². The number of benzene rings is 1. The molecule has 0 amide bonds. The number of pyridine rings is 1. The summed E-state index contributed by atoms with van der Waals surface area (Å²) in [6, 6.07) is 6.93. The molecule has 0 aliphatic heterocycles. The Balaban J connectivity index is 2.87. The van der Waals surface area contributed by atoms with Crippen LogP contribution in [0.1, 0.15) is 11.3 Å². The Morgan fingerprint density at radius 1 is 1.43 bits per heavy atom. The number of rotatable bonds is 1. The molecular formula is C11H10FNS. The Hall–Kier alpha value is -1.09. The van der Waals surface area contributed by atoms with E-state index in [1.807, 2.05) is 19.1 Å². The topological polar surface area (TPSA) is 12.9 Å². The Morgan fingerprint density at radius 2 is 2.21 bits per heavy atom. The molecule has 0 bridgehead atoms. The molecule has 72 valence electrons. The summed E-state index contributed by atoms with van der Waals surface area (Å²) in [5.74, 6) is 0.331. The van der Waals surface area contributed by atoms with Gasteiger partial charge in [0.1, 0.15) is 11.3 Å². The molecule has 2 aromatic rings. The lowest BCUT2D eigenvalue weighted by molar-refractivity contribution is 0.636. The number of hydrogen-bond donors (Lipinski definition) is 1. The van der Waals surface area contributed by atoms with Gasteiger partial charge in [0, 0.05) is 16.8 Å². The van der Waals surface area contributed by atoms with Crippen molar-refractivity contribution in [1.82, 2.24) is 4.98 Å². The van der Waals surface area contributed by atoms with Crippen LogP contribution in [0.4, 0.5) is 4.39 Å². The fraction of sp³-hybridized carbons (Fsp3) is 0.182. The maximum absolute atomic E-state index is 13.4. The highest BCUT2D eigenvalue weighted by atomic mass is 32.1. The lowest BCUT2D eigenvalue weighted by Gasteiger charge is -2.05. The van der Waals surface area contributed by atoms with Gasteiger partial charge >= 0.3 is 0 Å². The molecule has 0 saturated carbocycles. The van der Waals surface area contributed by atoms with E-state index in [-0.39, 0.29) is 5.82 Å². The zero-order chi connectivity index (χ0) is 10.1. The lowest BCUT2D eigenvalue weighted by atomic mass is 10.1. The Bertz CT molecular complexity index is 482. The molecule has 0 radical (unpaired) electrons. The van der Waals surface area contributed by atoms with Crippen LogP contribution in [-0.4, -0.2) is 4.98 Å². The molecule has 0 aliphatic rings. The number of aromatic nitrogens is 1. The molecule has 2 rings (SSSR count). The SMILES string of the molecule is Cc1cc(CS)c2cccc(F)c2n1. The standard InChI is InChI=1S/C11H10FNS/c1-7-5-8(6-14)9-3-2-4-10(12)11(9)13-7/h2-5,14H,6H2,1H3. The number of halogens is 1. The monoisotopic (exact) mass is 207 g/mol. The zero-order valence-electron chi connectivity index (χ0n) is 7.79. The maximum Gasteiger partial charge on any atom is 0.149 e. The summed E-state index contributed by atoms with van der Waals surface area (Å²) in [5.41, 5.74) is 2.29. The molecule has 0 spiro atoms. The highest BCUT2D eigenvalue weighted by Gasteiger charge is 2.06. The van der Waals surface area contributed by atoms with Crippen molar-refractivity contribution < 1.29 is 4.39 Å². The van der Waals surface area contributed by atoms with Gasteiger partial charge in [0.2, 0.25) is 0 Å². The van der Waals surface area contributed by atoms with Crippen LogP contribution in [0.5, 0.6) is 0 Å². The van der Waals surface area contributed by atoms with Gasteiger partial charge in [-0.25, -0.2) is 4.39 Å². The second-order valence-electron chi connectivity index (χ2n) is 3.22. The van der Waals surface area contributed by atoms with Crippen LogP contribution in [0.15, 0.2) is 24.3 Å². The van der Waals surface area contributed by atoms with Gasteiger partial charge in [0.25, 0.3) is 0 Å². The van der Waals surface area contributed by atoms with Crippen molar-refractivity contribution in [3.05, 3.63) is 41.3 Å². The van der Waals surface area contributed by atoms with Crippen molar-refractivity contribution in [3.8, 4) is 0 Å². The highest BCUT2D eigenvalue weighted by Crippen LogP contribution is 2.21. The summed E-state index contributed by atoms with van der Waals surface area (Å²) in [6.07, 6.45) is 0. The van der Waals surface area contributed by atoms with E-state index in [0.717, 1.165) is 16.6 Å². The molecule has 0 unspecified atom stereocenters. The number of aryl methyl sites for hydroxylation is 1. The Labute approximate surface area is 87.4 Å². The molecule has 1 aromatic heterocycles. The van der Waals surface area contributed by atoms with Gasteiger partial charge in [-0.05, 0) is 24.6 Å². The molecule has 1 nitrogen and oxygen atoms in total. The minimum atomic E-state index is -0.269. The van der Waals surface area contributed by atoms with E-state index in [1.165, 1.54) is 6.07 Å². The maximum atomic E-state index is 13.4. The van der Waals surface area contributed by atoms with Gasteiger partial charge in [-0.1, -0.05) is 12.1 Å². The summed E-state index contributed by atoms with van der Waals surface area (Å²) in [5, 5.41) is 0.852. The van der Waals surface area contributed by atoms with Crippen molar-refractivity contribution in [2.45, 2.75) is 12.7 Å². The fourth-order valence-corrected chi connectivity index (χ4v) is 1.82. The number of hydrogen-bond acceptors (Lipinski definition) is 2. The molecule has 0 N–H and O–H groups in total. The number of nitrogens with zero attached hydrogens (tertiary/aromatic N) is 1. The lowest BCUT2D eigenvalue weighted by Crippen LogP contribution is -1.92. The second kappa shape index (κ2) is 3.58. The Kier molecular flexibility index (Phi) is 2.42. The molecule has 1 heterocycles. The van der Waals surface area contributed by atoms with E-state index in [0.29, 0.717) is 11.3 Å². The van der Waals surface area contributed by atoms with Crippen molar-refractivity contribution >= 4 is 23.5 Å². The molecule has 0 aliphatic carbocycles. The van der Waals surface area contributed by atoms with Gasteiger partial charge in [0.05, 0.1) is 0 Å². The van der Waals surface area contributed by atoms with Crippen molar-refractivity contribution in [3.63, 3.8) is 0 Å². The van der Waals surface area contributed by atoms with E-state index in [4.69, 9.17) is 0 Å². The van der Waals surface area contributed by atoms with E-state index in [2.05, 4.69) is 17.6 Å². The van der Waals surface area contributed by atoms with Crippen LogP contribution in [0.2, 0.25) is 0 Å². The highest BCUT2D eigenvalue weighted by molar-refractivity contribution is 7.79. The first-order valence-electron chi connectivity index (χ1n) is 4.38. The van der Waals surface area contributed by atoms with Crippen LogP contribution in [-0.2, 0) is 5.75 Å². The molecular weight excluding hydrogens is 197 g/mol. The number of para-hydroxylation sites is 1. The third-order valence-corrected chi connectivity index (χ3v) is 2.52. The third kappa shape index (κ3) is 1.48. The average Bonchev–Trinajstić information content (AvgIpc) is 2.18. The van der Waals surface area contributed by atoms with Gasteiger partial charge < -0.3 is 0 Å². The van der Waals surface area contributed by atoms with Crippen LogP contribution >= 0.6 is 12.6 Å². The quantitative estimate of drug-likeness (QED) is 0.709. The summed E-state index contributed by atoms with van der Waals surface area (Å²) in [7, 11) is 0. The summed E-state index contributed by atoms with van der Waals surface area (Å²) in [4.78, 5) is 4.17. The van der Waals surface area contributed by atoms with Crippen molar-refractivity contribution in [2.75, 3.05) is 0 Å². The number of thiol groups is 1. The predicted octanol–water partition coefficient (Wildman–Crippen LogP) is 3.11. The smallest absolute Gasteiger partial charge is 0.149 e. The first kappa shape index (κ1) is 9.46. The van der Waals surface area contributed by atoms with E-state index in [9.17, 15) is 4.39 Å². The van der Waals surface area contributed by atoms with Crippen molar-refractivity contribution in [1.29, 1.82) is 0 Å². The van der Waals surface area contributed by atoms with Crippen LogP contribution in [0.25, 0.3) is 10.9 Å². The number of fused-ring (bicyclic) bond motifs is 1. The van der Waals surface area contributed by atoms with Gasteiger partial charge in [0.15, 0.2) is 0 Å². The summed E-state index contributed by atoms with van der Waals surface area (Å²) >= 11 is 4.22. The third-order valence-electron chi connectivity index (χ3n) is 2.17. The van der Waals surface area contributed by atoms with Crippen LogP contribution in [0, 0.1) is 12.7 Å². The average molecular weight is 207 g/mol. The minimum Gasteiger partial charge on any atom is -0.250 e. The molecule has 14 heavy (non-hydrogen) atoms. The molecule has 3 heteroatoms. The van der Waals surface area contributed by atoms with Gasteiger partial charge in [-0.3, -0.25) is 4.98 Å². The van der Waals surface area contributed by atoms with Crippen LogP contribution in [0.3, 0.4) is 0 Å². The molecule has 0 atom stereocenters. The second-order valence-corrected chi connectivity index (χ2v) is 3.53. The predicted molar refractivity (Wildman–Crippen MR) is 59.1 cm³/mol. The van der Waals surface area contributed by atoms with E-state index >= 15 is 0 Å². The largest absolute Gasteiger partial charge is 0.250 e. The van der Waals surface area contributed by atoms with Crippen molar-refractivity contribution in [2.24, 2.45) is 0 Å². The minimum absolute atomic E-state index is 0.269. The normalized spacial score (nSPS) is 10.8. The van der Waals surface area contributed by atoms with E-state index < -0.39 is 0 Å². The van der Waals surface area contributed by atoms with Gasteiger partial charge in [-0.15, -0.1) is 0 Å². The molecule has 0 fully saturated rings. The zero-order valence-corrected chi connectivity index (χ0v) is 8.68. The van der Waals surface area contributed by atoms with Crippen LogP contribution < -0.4 is 0 Å².